The van der Waals surface area contributed by atoms with E-state index in [-0.39, 0.29) is 23.8 Å². The van der Waals surface area contributed by atoms with Gasteiger partial charge in [0.25, 0.3) is 5.56 Å². The zero-order chi connectivity index (χ0) is 19.3. The molecule has 1 fully saturated rings. The van der Waals surface area contributed by atoms with Crippen molar-refractivity contribution in [3.63, 3.8) is 0 Å². The minimum absolute atomic E-state index is 0.0227. The maximum Gasteiger partial charge on any atom is 0.251 e. The molecular formula is C20H24N4O3. The third-order valence-corrected chi connectivity index (χ3v) is 5.58. The maximum absolute atomic E-state index is 12.8. The van der Waals surface area contributed by atoms with E-state index in [4.69, 9.17) is 0 Å². The highest BCUT2D eigenvalue weighted by Gasteiger charge is 2.28. The molecule has 0 atom stereocenters. The molecule has 3 heterocycles. The molecule has 1 saturated carbocycles. The Balaban J connectivity index is 1.53. The van der Waals surface area contributed by atoms with Gasteiger partial charge in [-0.3, -0.25) is 19.1 Å². The van der Waals surface area contributed by atoms with Gasteiger partial charge in [0.1, 0.15) is 6.54 Å². The topological polar surface area (TPSA) is 77.2 Å². The second-order valence-electron chi connectivity index (χ2n) is 7.63. The zero-order valence-corrected chi connectivity index (χ0v) is 16.0. The van der Waals surface area contributed by atoms with E-state index in [1.165, 1.54) is 6.92 Å². The maximum atomic E-state index is 12.8. The van der Waals surface area contributed by atoms with E-state index in [0.29, 0.717) is 36.8 Å². The van der Waals surface area contributed by atoms with Crippen molar-refractivity contribution in [2.75, 3.05) is 6.54 Å². The van der Waals surface area contributed by atoms with Crippen LogP contribution in [0, 0.1) is 13.8 Å². The number of pyridine rings is 1. The van der Waals surface area contributed by atoms with Gasteiger partial charge in [-0.25, -0.2) is 0 Å². The van der Waals surface area contributed by atoms with Gasteiger partial charge in [0.15, 0.2) is 5.78 Å². The van der Waals surface area contributed by atoms with Crippen molar-refractivity contribution in [3.05, 3.63) is 50.7 Å². The van der Waals surface area contributed by atoms with Crippen molar-refractivity contribution in [1.29, 1.82) is 0 Å². The molecule has 0 radical (unpaired) electrons. The second kappa shape index (κ2) is 6.48. The van der Waals surface area contributed by atoms with Crippen molar-refractivity contribution in [3.8, 4) is 0 Å². The first kappa shape index (κ1) is 17.7. The van der Waals surface area contributed by atoms with Crippen LogP contribution in [0.3, 0.4) is 0 Å². The number of aromatic nitrogens is 3. The smallest absolute Gasteiger partial charge is 0.251 e. The number of Topliss-reactive ketones (excluding diaryl/α,β-unsaturated/α-hetero) is 1. The number of ketones is 1. The summed E-state index contributed by atoms with van der Waals surface area (Å²) in [6.07, 6.45) is 4.74. The highest BCUT2D eigenvalue weighted by Crippen LogP contribution is 2.34. The third kappa shape index (κ3) is 3.22. The van der Waals surface area contributed by atoms with Crippen LogP contribution in [0.4, 0.5) is 0 Å². The predicted octanol–water partition coefficient (Wildman–Crippen LogP) is 1.78. The van der Waals surface area contributed by atoms with Crippen LogP contribution in [0.1, 0.15) is 58.7 Å². The molecule has 0 saturated heterocycles. The summed E-state index contributed by atoms with van der Waals surface area (Å²) in [5.74, 6) is -0.0563. The first-order chi connectivity index (χ1) is 12.8. The lowest BCUT2D eigenvalue weighted by Crippen LogP contribution is -2.39. The van der Waals surface area contributed by atoms with Crippen LogP contribution in [0.5, 0.6) is 0 Å². The van der Waals surface area contributed by atoms with Gasteiger partial charge in [0.2, 0.25) is 5.91 Å². The van der Waals surface area contributed by atoms with Crippen molar-refractivity contribution < 1.29 is 9.59 Å². The van der Waals surface area contributed by atoms with Crippen molar-refractivity contribution in [1.82, 2.24) is 19.2 Å². The molecule has 2 aliphatic rings. The van der Waals surface area contributed by atoms with Gasteiger partial charge in [-0.05, 0) is 51.2 Å². The fraction of sp³-hybridized carbons (Fsp3) is 0.500. The number of aryl methyl sites for hydroxylation is 1. The molecule has 1 amide bonds. The summed E-state index contributed by atoms with van der Waals surface area (Å²) in [6.45, 7) is 6.36. The first-order valence-electron chi connectivity index (χ1n) is 9.42. The molecule has 2 aromatic heterocycles. The third-order valence-electron chi connectivity index (χ3n) is 5.58. The van der Waals surface area contributed by atoms with Crippen LogP contribution in [0.15, 0.2) is 17.1 Å². The lowest BCUT2D eigenvalue weighted by Gasteiger charge is -2.29. The van der Waals surface area contributed by atoms with Gasteiger partial charge in [0, 0.05) is 37.1 Å². The molecule has 0 aromatic carbocycles. The summed E-state index contributed by atoms with van der Waals surface area (Å²) in [5, 5.41) is 4.37. The molecule has 1 aliphatic carbocycles. The monoisotopic (exact) mass is 368 g/mol. The van der Waals surface area contributed by atoms with Gasteiger partial charge in [0.05, 0.1) is 11.3 Å². The number of hydrogen-bond acceptors (Lipinski definition) is 4. The molecule has 142 valence electrons. The normalized spacial score (nSPS) is 16.3. The van der Waals surface area contributed by atoms with Crippen LogP contribution in [-0.4, -0.2) is 37.5 Å². The number of amides is 1. The van der Waals surface area contributed by atoms with E-state index in [2.05, 4.69) is 5.10 Å². The Hall–Kier alpha value is -2.70. The summed E-state index contributed by atoms with van der Waals surface area (Å²) in [4.78, 5) is 38.6. The summed E-state index contributed by atoms with van der Waals surface area (Å²) in [7, 11) is 0. The molecule has 7 nitrogen and oxygen atoms in total. The molecule has 1 aliphatic heterocycles. The Kier molecular flexibility index (Phi) is 4.25. The molecule has 0 N–H and O–H groups in total. The second-order valence-corrected chi connectivity index (χ2v) is 7.63. The van der Waals surface area contributed by atoms with Gasteiger partial charge >= 0.3 is 0 Å². The summed E-state index contributed by atoms with van der Waals surface area (Å²) in [6, 6.07) is 2.06. The number of fused-ring (bicyclic) bond motifs is 1. The Morgan fingerprint density at radius 2 is 1.96 bits per heavy atom. The molecule has 2 aromatic rings. The van der Waals surface area contributed by atoms with Crippen LogP contribution in [0.25, 0.3) is 0 Å². The largest absolute Gasteiger partial charge is 0.336 e. The van der Waals surface area contributed by atoms with Crippen molar-refractivity contribution >= 4 is 11.7 Å². The average Bonchev–Trinajstić information content (AvgIpc) is 3.40. The first-order valence-corrected chi connectivity index (χ1v) is 9.42. The van der Waals surface area contributed by atoms with Gasteiger partial charge in [-0.2, -0.15) is 5.10 Å². The minimum Gasteiger partial charge on any atom is -0.336 e. The lowest BCUT2D eigenvalue weighted by molar-refractivity contribution is -0.133. The van der Waals surface area contributed by atoms with Crippen molar-refractivity contribution in [2.24, 2.45) is 0 Å². The number of carbonyl (C=O) groups is 2. The van der Waals surface area contributed by atoms with Crippen LogP contribution < -0.4 is 5.56 Å². The summed E-state index contributed by atoms with van der Waals surface area (Å²) < 4.78 is 3.43. The zero-order valence-electron chi connectivity index (χ0n) is 16.0. The van der Waals surface area contributed by atoms with E-state index in [9.17, 15) is 14.4 Å². The predicted molar refractivity (Wildman–Crippen MR) is 99.8 cm³/mol. The minimum atomic E-state index is -0.0337. The number of rotatable bonds is 4. The van der Waals surface area contributed by atoms with Gasteiger partial charge < -0.3 is 9.47 Å². The number of nitrogens with zero attached hydrogens (tertiary/aromatic N) is 4. The fourth-order valence-corrected chi connectivity index (χ4v) is 3.99. The Morgan fingerprint density at radius 3 is 2.59 bits per heavy atom. The lowest BCUT2D eigenvalue weighted by atomic mass is 10.0. The quantitative estimate of drug-likeness (QED) is 0.771. The Morgan fingerprint density at radius 1 is 1.22 bits per heavy atom. The van der Waals surface area contributed by atoms with Crippen LogP contribution in [-0.2, 0) is 24.3 Å². The molecule has 0 spiro atoms. The molecule has 27 heavy (non-hydrogen) atoms. The number of carbonyl (C=O) groups excluding carboxylic acids is 2. The SMILES string of the molecule is CC(=O)c1c(C)nn(CC(=O)N2CCc3cc(=O)n(C4CC4)cc3C2)c1C. The van der Waals surface area contributed by atoms with E-state index < -0.39 is 0 Å². The van der Waals surface area contributed by atoms with Gasteiger partial charge in [-0.1, -0.05) is 0 Å². The van der Waals surface area contributed by atoms with Gasteiger partial charge in [-0.15, -0.1) is 0 Å². The Bertz CT molecular complexity index is 997. The molecule has 0 unspecified atom stereocenters. The molecule has 7 heteroatoms. The van der Waals surface area contributed by atoms with E-state index in [1.54, 1.807) is 17.7 Å². The highest BCUT2D eigenvalue weighted by atomic mass is 16.2. The van der Waals surface area contributed by atoms with E-state index in [1.807, 2.05) is 22.6 Å². The Labute approximate surface area is 157 Å². The fourth-order valence-electron chi connectivity index (χ4n) is 3.99. The standard InChI is InChI=1S/C20H24N4O3/c1-12-20(14(3)25)13(2)24(21-12)11-19(27)22-7-6-15-8-18(26)23(17-4-5-17)10-16(15)9-22/h8,10,17H,4-7,9,11H2,1-3H3. The summed E-state index contributed by atoms with van der Waals surface area (Å²) >= 11 is 0. The van der Waals surface area contributed by atoms with Crippen LogP contribution in [0.2, 0.25) is 0 Å². The average molecular weight is 368 g/mol. The van der Waals surface area contributed by atoms with Crippen LogP contribution >= 0.6 is 0 Å². The van der Waals surface area contributed by atoms with E-state index >= 15 is 0 Å². The summed E-state index contributed by atoms with van der Waals surface area (Å²) in [5.41, 5.74) is 4.15. The van der Waals surface area contributed by atoms with Crippen molar-refractivity contribution in [2.45, 2.75) is 59.2 Å². The molecule has 0 bridgehead atoms. The molecular weight excluding hydrogens is 344 g/mol. The van der Waals surface area contributed by atoms with E-state index in [0.717, 1.165) is 29.7 Å². The molecule has 4 rings (SSSR count). The number of hydrogen-bond donors (Lipinski definition) is 0. The highest BCUT2D eigenvalue weighted by molar-refractivity contribution is 5.96.